The third kappa shape index (κ3) is 5.74. The fourth-order valence-corrected chi connectivity index (χ4v) is 1.42. The first-order chi connectivity index (χ1) is 10.5. The van der Waals surface area contributed by atoms with Crippen molar-refractivity contribution in [3.8, 4) is 0 Å². The number of aliphatic hydroxyl groups excluding tert-OH is 4. The van der Waals surface area contributed by atoms with Gasteiger partial charge in [-0.15, -0.1) is 0 Å². The van der Waals surface area contributed by atoms with Crippen LogP contribution in [0.25, 0.3) is 0 Å². The number of carbonyl (C=O) groups excluding carboxylic acids is 2. The minimum atomic E-state index is -1.07. The standard InChI is InChI=1S/C13H19N3O6/c17-6-8(19)4-14-12(21)10-2-1-3-11(16-10)13(22)15-5-9(20)7-18/h1-3,8-9,17-20H,4-7H2,(H,14,21)(H,15,22). The van der Waals surface area contributed by atoms with E-state index in [1.807, 2.05) is 0 Å². The maximum absolute atomic E-state index is 11.8. The van der Waals surface area contributed by atoms with Crippen molar-refractivity contribution in [1.29, 1.82) is 0 Å². The zero-order valence-corrected chi connectivity index (χ0v) is 11.8. The number of hydrogen-bond donors (Lipinski definition) is 6. The molecule has 0 aliphatic rings. The number of aliphatic hydroxyl groups is 4. The second-order valence-electron chi connectivity index (χ2n) is 4.50. The molecule has 1 heterocycles. The minimum absolute atomic E-state index is 0.0273. The molecule has 0 fully saturated rings. The SMILES string of the molecule is O=C(NCC(O)CO)c1cccc(C(=O)NCC(O)CO)n1. The topological polar surface area (TPSA) is 152 Å². The molecule has 0 aromatic carbocycles. The molecular formula is C13H19N3O6. The molecule has 122 valence electrons. The van der Waals surface area contributed by atoms with Crippen LogP contribution in [0.4, 0.5) is 0 Å². The second-order valence-corrected chi connectivity index (χ2v) is 4.50. The lowest BCUT2D eigenvalue weighted by molar-refractivity contribution is 0.0793. The van der Waals surface area contributed by atoms with E-state index in [9.17, 15) is 9.59 Å². The molecule has 0 radical (unpaired) electrons. The van der Waals surface area contributed by atoms with E-state index in [2.05, 4.69) is 15.6 Å². The highest BCUT2D eigenvalue weighted by atomic mass is 16.3. The molecule has 0 aliphatic heterocycles. The molecule has 0 saturated heterocycles. The van der Waals surface area contributed by atoms with E-state index in [4.69, 9.17) is 20.4 Å². The summed E-state index contributed by atoms with van der Waals surface area (Å²) in [6, 6.07) is 4.24. The van der Waals surface area contributed by atoms with Crippen molar-refractivity contribution in [3.05, 3.63) is 29.6 Å². The molecule has 22 heavy (non-hydrogen) atoms. The van der Waals surface area contributed by atoms with Gasteiger partial charge >= 0.3 is 0 Å². The molecule has 0 saturated carbocycles. The van der Waals surface area contributed by atoms with Crippen LogP contribution >= 0.6 is 0 Å². The predicted octanol–water partition coefficient (Wildman–Crippen LogP) is -2.75. The van der Waals surface area contributed by atoms with Crippen molar-refractivity contribution in [3.63, 3.8) is 0 Å². The smallest absolute Gasteiger partial charge is 0.269 e. The summed E-state index contributed by atoms with van der Waals surface area (Å²) in [5.74, 6) is -1.20. The lowest BCUT2D eigenvalue weighted by Gasteiger charge is -2.10. The molecule has 2 amide bonds. The Labute approximate surface area is 126 Å². The van der Waals surface area contributed by atoms with Gasteiger partial charge in [-0.25, -0.2) is 4.98 Å². The third-order valence-corrected chi connectivity index (χ3v) is 2.63. The normalized spacial score (nSPS) is 13.3. The van der Waals surface area contributed by atoms with Gasteiger partial charge in [-0.1, -0.05) is 6.07 Å². The Morgan fingerprint density at radius 3 is 1.73 bits per heavy atom. The van der Waals surface area contributed by atoms with Crippen LogP contribution in [0.5, 0.6) is 0 Å². The summed E-state index contributed by atoms with van der Waals surface area (Å²) in [5, 5.41) is 40.3. The van der Waals surface area contributed by atoms with Crippen LogP contribution in [0.15, 0.2) is 18.2 Å². The summed E-state index contributed by atoms with van der Waals surface area (Å²) in [7, 11) is 0. The number of aromatic nitrogens is 1. The van der Waals surface area contributed by atoms with Gasteiger partial charge in [-0.2, -0.15) is 0 Å². The first-order valence-corrected chi connectivity index (χ1v) is 6.59. The molecule has 9 nitrogen and oxygen atoms in total. The summed E-state index contributed by atoms with van der Waals surface area (Å²) < 4.78 is 0. The first-order valence-electron chi connectivity index (χ1n) is 6.59. The number of pyridine rings is 1. The summed E-state index contributed by atoms with van der Waals surface area (Å²) in [5.41, 5.74) is -0.0546. The molecule has 0 aliphatic carbocycles. The average Bonchev–Trinajstić information content (AvgIpc) is 2.56. The highest BCUT2D eigenvalue weighted by molar-refractivity contribution is 5.96. The molecule has 1 aromatic heterocycles. The second kappa shape index (κ2) is 9.05. The Morgan fingerprint density at radius 1 is 0.955 bits per heavy atom. The van der Waals surface area contributed by atoms with Gasteiger partial charge in [-0.3, -0.25) is 9.59 Å². The quantitative estimate of drug-likeness (QED) is 0.304. The highest BCUT2D eigenvalue weighted by Gasteiger charge is 2.14. The largest absolute Gasteiger partial charge is 0.394 e. The summed E-state index contributed by atoms with van der Waals surface area (Å²) in [4.78, 5) is 27.4. The molecule has 0 spiro atoms. The van der Waals surface area contributed by atoms with Crippen LogP contribution in [0.2, 0.25) is 0 Å². The highest BCUT2D eigenvalue weighted by Crippen LogP contribution is 2.00. The maximum atomic E-state index is 11.8. The Balaban J connectivity index is 2.64. The van der Waals surface area contributed by atoms with Crippen molar-refractivity contribution in [2.24, 2.45) is 0 Å². The first kappa shape index (κ1) is 18.0. The molecular weight excluding hydrogens is 294 g/mol. The number of hydrogen-bond acceptors (Lipinski definition) is 7. The van der Waals surface area contributed by atoms with E-state index in [0.29, 0.717) is 0 Å². The molecule has 6 N–H and O–H groups in total. The lowest BCUT2D eigenvalue weighted by atomic mass is 10.2. The average molecular weight is 313 g/mol. The zero-order chi connectivity index (χ0) is 16.5. The Hall–Kier alpha value is -2.07. The summed E-state index contributed by atoms with van der Waals surface area (Å²) in [6.45, 7) is -1.25. The Morgan fingerprint density at radius 2 is 1.36 bits per heavy atom. The van der Waals surface area contributed by atoms with Gasteiger partial charge in [0.25, 0.3) is 11.8 Å². The molecule has 1 aromatic rings. The van der Waals surface area contributed by atoms with E-state index < -0.39 is 37.2 Å². The van der Waals surface area contributed by atoms with Crippen molar-refractivity contribution in [2.75, 3.05) is 26.3 Å². The van der Waals surface area contributed by atoms with Gasteiger partial charge < -0.3 is 31.1 Å². The molecule has 9 heteroatoms. The van der Waals surface area contributed by atoms with Crippen LogP contribution in [0.1, 0.15) is 21.0 Å². The zero-order valence-electron chi connectivity index (χ0n) is 11.8. The van der Waals surface area contributed by atoms with Crippen molar-refractivity contribution in [1.82, 2.24) is 15.6 Å². The predicted molar refractivity (Wildman–Crippen MR) is 75.1 cm³/mol. The van der Waals surface area contributed by atoms with Gasteiger partial charge in [0.15, 0.2) is 0 Å². The minimum Gasteiger partial charge on any atom is -0.394 e. The molecule has 2 atom stereocenters. The Kier molecular flexibility index (Phi) is 7.40. The van der Waals surface area contributed by atoms with E-state index in [1.165, 1.54) is 18.2 Å². The van der Waals surface area contributed by atoms with Crippen molar-refractivity contribution < 1.29 is 30.0 Å². The van der Waals surface area contributed by atoms with Crippen molar-refractivity contribution >= 4 is 11.8 Å². The van der Waals surface area contributed by atoms with Gasteiger partial charge in [-0.05, 0) is 12.1 Å². The van der Waals surface area contributed by atoms with E-state index in [-0.39, 0.29) is 24.5 Å². The van der Waals surface area contributed by atoms with E-state index >= 15 is 0 Å². The fourth-order valence-electron chi connectivity index (χ4n) is 1.42. The van der Waals surface area contributed by atoms with E-state index in [1.54, 1.807) is 0 Å². The number of nitrogens with zero attached hydrogens (tertiary/aromatic N) is 1. The van der Waals surface area contributed by atoms with Gasteiger partial charge in [0.1, 0.15) is 11.4 Å². The number of amides is 2. The monoisotopic (exact) mass is 313 g/mol. The Bertz CT molecular complexity index is 469. The number of carbonyl (C=O) groups is 2. The molecule has 2 unspecified atom stereocenters. The number of rotatable bonds is 8. The van der Waals surface area contributed by atoms with Gasteiger partial charge in [0.2, 0.25) is 0 Å². The van der Waals surface area contributed by atoms with Crippen LogP contribution in [-0.2, 0) is 0 Å². The molecule has 0 bridgehead atoms. The maximum Gasteiger partial charge on any atom is 0.269 e. The van der Waals surface area contributed by atoms with Gasteiger partial charge in [0, 0.05) is 13.1 Å². The third-order valence-electron chi connectivity index (χ3n) is 2.63. The molecule has 1 rings (SSSR count). The summed E-state index contributed by atoms with van der Waals surface area (Å²) >= 11 is 0. The van der Waals surface area contributed by atoms with Crippen LogP contribution < -0.4 is 10.6 Å². The van der Waals surface area contributed by atoms with Crippen LogP contribution in [-0.4, -0.2) is 75.7 Å². The van der Waals surface area contributed by atoms with Crippen LogP contribution in [0, 0.1) is 0 Å². The van der Waals surface area contributed by atoms with E-state index in [0.717, 1.165) is 0 Å². The lowest BCUT2D eigenvalue weighted by Crippen LogP contribution is -2.36. The van der Waals surface area contributed by atoms with Crippen molar-refractivity contribution in [2.45, 2.75) is 12.2 Å². The number of nitrogens with one attached hydrogen (secondary N) is 2. The summed E-state index contributed by atoms with van der Waals surface area (Å²) in [6.07, 6.45) is -2.15. The van der Waals surface area contributed by atoms with Crippen LogP contribution in [0.3, 0.4) is 0 Å². The fraction of sp³-hybridized carbons (Fsp3) is 0.462. The van der Waals surface area contributed by atoms with Gasteiger partial charge in [0.05, 0.1) is 25.4 Å².